The lowest BCUT2D eigenvalue weighted by Gasteiger charge is -2.21. The van der Waals surface area contributed by atoms with Gasteiger partial charge in [0.1, 0.15) is 24.0 Å². The maximum atomic E-state index is 13.5. The van der Waals surface area contributed by atoms with Gasteiger partial charge < -0.3 is 21.6 Å². The number of amidine groups is 1. The van der Waals surface area contributed by atoms with Crippen LogP contribution in [0.15, 0.2) is 46.3 Å². The molecule has 0 spiro atoms. The van der Waals surface area contributed by atoms with Crippen LogP contribution in [-0.2, 0) is 23.4 Å². The second-order valence-electron chi connectivity index (χ2n) is 5.65. The van der Waals surface area contributed by atoms with E-state index in [1.54, 1.807) is 0 Å². The standard InChI is InChI=1S/C15H15BrFN7O4/c1-21-9(3-5-12(21)23(25)26)7-27-24-15(20)13(14(18)19)22(28-24)8-2-4-11(17)10(16)6-8/h2-6H,7,20H2,1H3,(H3,18,19). The highest BCUT2D eigenvalue weighted by molar-refractivity contribution is 9.10. The van der Waals surface area contributed by atoms with Crippen LogP contribution in [-0.4, -0.2) is 20.6 Å². The number of anilines is 1. The molecule has 13 heteroatoms. The summed E-state index contributed by atoms with van der Waals surface area (Å²) in [4.78, 5) is 21.4. The van der Waals surface area contributed by atoms with Gasteiger partial charge in [-0.1, -0.05) is 5.23 Å². The van der Waals surface area contributed by atoms with E-state index in [4.69, 9.17) is 26.7 Å². The first-order valence-corrected chi connectivity index (χ1v) is 8.49. The first-order chi connectivity index (χ1) is 13.2. The van der Waals surface area contributed by atoms with E-state index in [0.29, 0.717) is 11.4 Å². The molecule has 3 rings (SSSR count). The van der Waals surface area contributed by atoms with Crippen molar-refractivity contribution in [1.29, 1.82) is 5.41 Å². The van der Waals surface area contributed by atoms with Crippen LogP contribution in [0, 0.1) is 21.3 Å². The van der Waals surface area contributed by atoms with Gasteiger partial charge in [-0.05, 0) is 45.1 Å². The zero-order valence-electron chi connectivity index (χ0n) is 14.4. The molecule has 0 fully saturated rings. The minimum absolute atomic E-state index is 0.00336. The third-order valence-corrected chi connectivity index (χ3v) is 4.51. The van der Waals surface area contributed by atoms with E-state index in [9.17, 15) is 14.5 Å². The number of nitrogens with zero attached hydrogens (tertiary/aromatic N) is 4. The first kappa shape index (κ1) is 19.6. The van der Waals surface area contributed by atoms with Gasteiger partial charge in [0.25, 0.3) is 0 Å². The number of aromatic nitrogens is 1. The van der Waals surface area contributed by atoms with Gasteiger partial charge in [-0.15, -0.1) is 4.94 Å². The third kappa shape index (κ3) is 3.49. The van der Waals surface area contributed by atoms with Crippen LogP contribution >= 0.6 is 15.9 Å². The fraction of sp³-hybridized carbons (Fsp3) is 0.133. The molecule has 0 aliphatic carbocycles. The predicted octanol–water partition coefficient (Wildman–Crippen LogP) is 2.00. The molecule has 1 aliphatic heterocycles. The molecular weight excluding hydrogens is 441 g/mol. The first-order valence-electron chi connectivity index (χ1n) is 7.70. The molecule has 11 nitrogen and oxygen atoms in total. The second-order valence-corrected chi connectivity index (χ2v) is 6.51. The minimum Gasteiger partial charge on any atom is -0.382 e. The van der Waals surface area contributed by atoms with Crippen LogP contribution in [0.1, 0.15) is 5.69 Å². The summed E-state index contributed by atoms with van der Waals surface area (Å²) < 4.78 is 15.0. The van der Waals surface area contributed by atoms with Crippen molar-refractivity contribution in [2.45, 2.75) is 6.61 Å². The smallest absolute Gasteiger partial charge is 0.323 e. The monoisotopic (exact) mass is 455 g/mol. The number of halogens is 2. The molecule has 0 amide bonds. The van der Waals surface area contributed by atoms with E-state index < -0.39 is 16.6 Å². The number of nitrogens with two attached hydrogens (primary N) is 2. The summed E-state index contributed by atoms with van der Waals surface area (Å²) in [5, 5.41) is 20.6. The Balaban J connectivity index is 1.82. The number of hydroxylamine groups is 3. The Hall–Kier alpha value is -3.16. The molecule has 28 heavy (non-hydrogen) atoms. The van der Waals surface area contributed by atoms with Crippen LogP contribution in [0.3, 0.4) is 0 Å². The number of rotatable bonds is 6. The molecule has 0 radical (unpaired) electrons. The highest BCUT2D eigenvalue weighted by Gasteiger charge is 2.34. The molecule has 0 bridgehead atoms. The van der Waals surface area contributed by atoms with Crippen molar-refractivity contribution < 1.29 is 19.1 Å². The number of nitrogens with one attached hydrogen (secondary N) is 1. The van der Waals surface area contributed by atoms with E-state index >= 15 is 0 Å². The fourth-order valence-corrected chi connectivity index (χ4v) is 2.84. The molecular formula is C15H15BrFN7O4. The maximum absolute atomic E-state index is 13.5. The highest BCUT2D eigenvalue weighted by Crippen LogP contribution is 2.32. The average Bonchev–Trinajstić information content (AvgIpc) is 3.15. The van der Waals surface area contributed by atoms with E-state index in [1.807, 2.05) is 0 Å². The van der Waals surface area contributed by atoms with Crippen molar-refractivity contribution >= 4 is 33.3 Å². The van der Waals surface area contributed by atoms with E-state index in [-0.39, 0.29) is 28.4 Å². The van der Waals surface area contributed by atoms with Gasteiger partial charge in [0.15, 0.2) is 11.5 Å². The average molecular weight is 456 g/mol. The summed E-state index contributed by atoms with van der Waals surface area (Å²) >= 11 is 3.07. The van der Waals surface area contributed by atoms with Crippen LogP contribution in [0.5, 0.6) is 0 Å². The lowest BCUT2D eigenvalue weighted by molar-refractivity contribution is -0.392. The zero-order chi connectivity index (χ0) is 20.6. The molecule has 2 aromatic rings. The predicted molar refractivity (Wildman–Crippen MR) is 99.5 cm³/mol. The van der Waals surface area contributed by atoms with E-state index in [2.05, 4.69) is 15.9 Å². The summed E-state index contributed by atoms with van der Waals surface area (Å²) in [6.07, 6.45) is 0. The van der Waals surface area contributed by atoms with E-state index in [0.717, 1.165) is 10.3 Å². The highest BCUT2D eigenvalue weighted by atomic mass is 79.9. The van der Waals surface area contributed by atoms with Gasteiger partial charge >= 0.3 is 5.82 Å². The Bertz CT molecular complexity index is 993. The molecule has 0 saturated carbocycles. The Morgan fingerprint density at radius 2 is 2.14 bits per heavy atom. The molecule has 0 saturated heterocycles. The number of hydrogen-bond donors (Lipinski definition) is 3. The molecule has 148 valence electrons. The Kier molecular flexibility index (Phi) is 5.22. The second kappa shape index (κ2) is 7.46. The van der Waals surface area contributed by atoms with Crippen molar-refractivity contribution in [3.63, 3.8) is 0 Å². The largest absolute Gasteiger partial charge is 0.382 e. The van der Waals surface area contributed by atoms with Crippen LogP contribution < -0.4 is 16.5 Å². The zero-order valence-corrected chi connectivity index (χ0v) is 16.0. The van der Waals surface area contributed by atoms with Crippen molar-refractivity contribution in [1.82, 2.24) is 9.79 Å². The number of benzene rings is 1. The Labute approximate surface area is 166 Å². The normalized spacial score (nSPS) is 14.1. The molecule has 0 atom stereocenters. The summed E-state index contributed by atoms with van der Waals surface area (Å²) in [6.45, 7) is -0.114. The molecule has 1 aromatic carbocycles. The number of hydrogen-bond acceptors (Lipinski definition) is 8. The summed E-state index contributed by atoms with van der Waals surface area (Å²) in [5.74, 6) is -1.11. The van der Waals surface area contributed by atoms with Crippen molar-refractivity contribution in [2.24, 2.45) is 18.5 Å². The molecule has 1 aromatic heterocycles. The van der Waals surface area contributed by atoms with Gasteiger partial charge in [0, 0.05) is 6.07 Å². The van der Waals surface area contributed by atoms with Crippen LogP contribution in [0.4, 0.5) is 15.9 Å². The summed E-state index contributed by atoms with van der Waals surface area (Å²) in [6, 6.07) is 6.88. The lowest BCUT2D eigenvalue weighted by Crippen LogP contribution is -2.29. The molecule has 5 N–H and O–H groups in total. The van der Waals surface area contributed by atoms with Crippen molar-refractivity contribution in [3.05, 3.63) is 67.9 Å². The minimum atomic E-state index is -0.522. The molecule has 0 unspecified atom stereocenters. The number of nitro groups is 1. The summed E-state index contributed by atoms with van der Waals surface area (Å²) in [7, 11) is 1.52. The van der Waals surface area contributed by atoms with Gasteiger partial charge in [0.05, 0.1) is 17.2 Å². The van der Waals surface area contributed by atoms with Gasteiger partial charge in [0.2, 0.25) is 0 Å². The Morgan fingerprint density at radius 1 is 1.43 bits per heavy atom. The lowest BCUT2D eigenvalue weighted by atomic mass is 10.3. The van der Waals surface area contributed by atoms with Gasteiger partial charge in [-0.2, -0.15) is 5.06 Å². The third-order valence-electron chi connectivity index (χ3n) is 3.91. The van der Waals surface area contributed by atoms with Crippen LogP contribution in [0.25, 0.3) is 0 Å². The summed E-state index contributed by atoms with van der Waals surface area (Å²) in [5.41, 5.74) is 12.4. The molecule has 1 aliphatic rings. The Morgan fingerprint density at radius 3 is 2.71 bits per heavy atom. The maximum Gasteiger partial charge on any atom is 0.323 e. The topological polar surface area (TPSA) is 149 Å². The quantitative estimate of drug-likeness (QED) is 0.259. The van der Waals surface area contributed by atoms with Crippen molar-refractivity contribution in [2.75, 3.05) is 5.06 Å². The van der Waals surface area contributed by atoms with Gasteiger partial charge in [-0.3, -0.25) is 5.41 Å². The molecule has 2 heterocycles. The van der Waals surface area contributed by atoms with E-state index in [1.165, 1.54) is 41.9 Å². The van der Waals surface area contributed by atoms with Gasteiger partial charge in [-0.25, -0.2) is 13.8 Å². The van der Waals surface area contributed by atoms with Crippen LogP contribution in [0.2, 0.25) is 0 Å². The fourth-order valence-electron chi connectivity index (χ4n) is 2.47. The SMILES string of the molecule is Cn1c(CON2ON(c3ccc(F)c(Br)c3)C(C(=N)N)=C2N)ccc1[N+](=O)[O-]. The van der Waals surface area contributed by atoms with Crippen molar-refractivity contribution in [3.8, 4) is 0 Å².